The molecule has 3 aromatic heterocycles. The van der Waals surface area contributed by atoms with Crippen LogP contribution in [0.25, 0.3) is 105 Å². The number of aromatic nitrogens is 3. The van der Waals surface area contributed by atoms with Gasteiger partial charge in [-0.05, 0) is 94.8 Å². The van der Waals surface area contributed by atoms with Crippen molar-refractivity contribution in [3.63, 3.8) is 0 Å². The molecule has 0 aliphatic rings. The molecule has 0 atom stereocenters. The Balaban J connectivity index is 1.24. The molecule has 3 heteroatoms. The van der Waals surface area contributed by atoms with Crippen molar-refractivity contribution in [3.05, 3.63) is 212 Å². The molecule has 0 N–H and O–H groups in total. The SMILES string of the molecule is [2H]c1c([2H])c([2H])c(-c2c([2H])c([2H])c(-c3c([2H])c([2H])c([2H])c(-n4c5c([2H])c([2H])c([2H])c([2H])c5c5c([2H])c(-n6c7c([2H])c([2H])c(-n8c9c([2H])c([2H])c([2H])c([2H])c9c9c([2H])c([2H])c([2H])c([2H])c98)cc7c7c([2H])c([2H])c([2H])c([2H])c76)c([2H])c([2H])c54)c3[2H])c([2H])c2[2H])c([2H])c1[2H]. The Hall–Kier alpha value is -7.62. The summed E-state index contributed by atoms with van der Waals surface area (Å²) in [4.78, 5) is 0. The van der Waals surface area contributed by atoms with Gasteiger partial charge in [-0.1, -0.05) is 139 Å². The van der Waals surface area contributed by atoms with Gasteiger partial charge in [0.1, 0.15) is 0 Å². The fourth-order valence-corrected chi connectivity index (χ4v) is 6.93. The van der Waals surface area contributed by atoms with Crippen LogP contribution in [0.1, 0.15) is 46.6 Å². The largest absolute Gasteiger partial charge is 0.309 e. The molecule has 12 rings (SSSR count). The van der Waals surface area contributed by atoms with Crippen molar-refractivity contribution in [2.24, 2.45) is 0 Å². The van der Waals surface area contributed by atoms with Crippen LogP contribution in [0.5, 0.6) is 0 Å². The molecule has 0 saturated heterocycles. The average molecular weight is 760 g/mol. The van der Waals surface area contributed by atoms with Crippen molar-refractivity contribution < 1.29 is 46.6 Å². The lowest BCUT2D eigenvalue weighted by atomic mass is 10.00. The number of hydrogen-bond donors (Lipinski definition) is 0. The molecule has 0 bridgehead atoms. The van der Waals surface area contributed by atoms with Crippen molar-refractivity contribution in [2.75, 3.05) is 0 Å². The number of rotatable bonds is 5. The van der Waals surface area contributed by atoms with Gasteiger partial charge in [-0.3, -0.25) is 0 Å². The maximum atomic E-state index is 10.2. The van der Waals surface area contributed by atoms with Crippen LogP contribution in [-0.2, 0) is 0 Å². The van der Waals surface area contributed by atoms with Gasteiger partial charge in [0.2, 0.25) is 0 Å². The third-order valence-electron chi connectivity index (χ3n) is 9.33. The van der Waals surface area contributed by atoms with Crippen LogP contribution in [0.15, 0.2) is 212 Å². The number of fused-ring (bicyclic) bond motifs is 9. The molecule has 9 aromatic carbocycles. The van der Waals surface area contributed by atoms with Crippen LogP contribution in [-0.4, -0.2) is 13.7 Å². The minimum atomic E-state index is -1.14. The third kappa shape index (κ3) is 4.86. The second-order valence-corrected chi connectivity index (χ2v) is 12.4. The highest BCUT2D eigenvalue weighted by Gasteiger charge is 2.18. The van der Waals surface area contributed by atoms with Crippen molar-refractivity contribution in [3.8, 4) is 39.3 Å². The van der Waals surface area contributed by atoms with E-state index < -0.39 is 310 Å². The Morgan fingerprint density at radius 1 is 0.246 bits per heavy atom. The minimum absolute atomic E-state index is 0.413. The molecule has 0 fully saturated rings. The molecule has 0 aliphatic carbocycles. The molecular formula is C54H35N3. The van der Waals surface area contributed by atoms with E-state index in [1.165, 1.54) is 0 Å². The molecular weight excluding hydrogens is 691 g/mol. The Morgan fingerprint density at radius 2 is 0.632 bits per heavy atom. The fraction of sp³-hybridized carbons (Fsp3) is 0. The topological polar surface area (TPSA) is 14.8 Å². The Bertz CT molecular complexity index is 5390. The van der Waals surface area contributed by atoms with Gasteiger partial charge in [-0.2, -0.15) is 0 Å². The predicted octanol–water partition coefficient (Wildman–Crippen LogP) is 14.3. The summed E-state index contributed by atoms with van der Waals surface area (Å²) in [5.74, 6) is 0. The first kappa shape index (κ1) is 13.0. The van der Waals surface area contributed by atoms with E-state index >= 15 is 0 Å². The molecule has 0 radical (unpaired) electrons. The molecule has 0 saturated carbocycles. The quantitative estimate of drug-likeness (QED) is 0.166. The van der Waals surface area contributed by atoms with Gasteiger partial charge in [0.05, 0.1) is 79.7 Å². The summed E-state index contributed by atoms with van der Waals surface area (Å²) in [7, 11) is 0. The second-order valence-electron chi connectivity index (χ2n) is 12.4. The molecule has 3 nitrogen and oxygen atoms in total. The summed E-state index contributed by atoms with van der Waals surface area (Å²) < 4.78 is 310. The van der Waals surface area contributed by atoms with Crippen LogP contribution >= 0.6 is 0 Å². The zero-order valence-corrected chi connectivity index (χ0v) is 28.4. The summed E-state index contributed by atoms with van der Waals surface area (Å²) >= 11 is 0. The van der Waals surface area contributed by atoms with E-state index in [0.29, 0.717) is 4.57 Å². The minimum Gasteiger partial charge on any atom is -0.309 e. The number of para-hydroxylation sites is 4. The lowest BCUT2D eigenvalue weighted by Gasteiger charge is -2.12. The van der Waals surface area contributed by atoms with Gasteiger partial charge >= 0.3 is 0 Å². The third-order valence-corrected chi connectivity index (χ3v) is 9.33. The van der Waals surface area contributed by atoms with Gasteiger partial charge in [0.25, 0.3) is 0 Å². The van der Waals surface area contributed by atoms with Crippen LogP contribution in [0.2, 0.25) is 0 Å². The summed E-state index contributed by atoms with van der Waals surface area (Å²) in [5, 5.41) is -3.17. The monoisotopic (exact) mass is 759 g/mol. The maximum absolute atomic E-state index is 10.2. The first-order valence-corrected chi connectivity index (χ1v) is 16.8. The van der Waals surface area contributed by atoms with E-state index in [9.17, 15) is 17.8 Å². The van der Waals surface area contributed by atoms with E-state index in [4.69, 9.17) is 28.8 Å². The zero-order chi connectivity index (χ0) is 67.0. The van der Waals surface area contributed by atoms with E-state index in [1.54, 1.807) is 0 Å². The smallest absolute Gasteiger partial charge is 0.0652 e. The molecule has 12 aromatic rings. The summed E-state index contributed by atoms with van der Waals surface area (Å²) in [6.07, 6.45) is 0. The van der Waals surface area contributed by atoms with Gasteiger partial charge in [-0.15, -0.1) is 0 Å². The van der Waals surface area contributed by atoms with Crippen molar-refractivity contribution in [1.82, 2.24) is 13.7 Å². The number of benzene rings is 9. The second kappa shape index (κ2) is 12.5. The van der Waals surface area contributed by atoms with E-state index in [2.05, 4.69) is 0 Å². The molecule has 0 spiro atoms. The maximum Gasteiger partial charge on any atom is 0.0652 e. The van der Waals surface area contributed by atoms with E-state index in [-0.39, 0.29) is 0 Å². The fourth-order valence-electron chi connectivity index (χ4n) is 6.93. The zero-order valence-electron chi connectivity index (χ0n) is 62.4. The van der Waals surface area contributed by atoms with Crippen molar-refractivity contribution in [1.29, 1.82) is 0 Å². The molecule has 266 valence electrons. The van der Waals surface area contributed by atoms with Gasteiger partial charge in [-0.25, -0.2) is 0 Å². The van der Waals surface area contributed by atoms with Gasteiger partial charge < -0.3 is 13.7 Å². The highest BCUT2D eigenvalue weighted by atomic mass is 15.0. The molecule has 0 unspecified atom stereocenters. The normalized spacial score (nSPS) is 20.2. The first-order chi connectivity index (χ1) is 42.4. The molecule has 57 heavy (non-hydrogen) atoms. The van der Waals surface area contributed by atoms with Crippen LogP contribution in [0, 0.1) is 0 Å². The van der Waals surface area contributed by atoms with Gasteiger partial charge in [0, 0.05) is 49.4 Å². The summed E-state index contributed by atoms with van der Waals surface area (Å²) in [6.45, 7) is 0. The van der Waals surface area contributed by atoms with Gasteiger partial charge in [0.15, 0.2) is 0 Å². The average Bonchev–Trinajstić information content (AvgIpc) is 1.55. The van der Waals surface area contributed by atoms with Crippen LogP contribution < -0.4 is 0 Å². The van der Waals surface area contributed by atoms with Crippen molar-refractivity contribution >= 4 is 65.4 Å². The molecule has 0 aliphatic heterocycles. The van der Waals surface area contributed by atoms with Crippen LogP contribution in [0.4, 0.5) is 0 Å². The standard InChI is InChI=1S/C54H35N3/c1-2-13-36(14-3-1)37-25-27-38(28-26-37)39-15-12-16-40(33-39)55-51-23-10-6-19-45(51)47-35-42(30-31-53(47)55)57-52-24-11-7-20-46(52)48-34-41(29-32-54(48)57)56-49-21-8-4-17-43(49)44-18-5-9-22-50(44)56/h1-35H/i1D,2D,3D,4D,5D,6D,7D,8D,9D,10D,11D,12D,13D,14D,15D,16D,17D,18D,19D,20D,21D,22D,23D,24D,25D,26D,27D,28D,29D,30D,31D,32D,33D,35D. The van der Waals surface area contributed by atoms with E-state index in [1.807, 2.05) is 0 Å². The summed E-state index contributed by atoms with van der Waals surface area (Å²) in [5.41, 5.74) is -9.58. The molecule has 0 amide bonds. The Morgan fingerprint density at radius 3 is 1.23 bits per heavy atom. The molecule has 3 heterocycles. The first-order valence-electron chi connectivity index (χ1n) is 33.8. The lowest BCUT2D eigenvalue weighted by molar-refractivity contribution is 1.16. The highest BCUT2D eigenvalue weighted by Crippen LogP contribution is 2.39. The Labute approximate surface area is 377 Å². The van der Waals surface area contributed by atoms with E-state index in [0.717, 1.165) is 15.2 Å². The predicted molar refractivity (Wildman–Crippen MR) is 240 cm³/mol. The van der Waals surface area contributed by atoms with Crippen LogP contribution in [0.3, 0.4) is 0 Å². The number of nitrogens with zero attached hydrogens (tertiary/aromatic N) is 3. The Kier molecular flexibility index (Phi) is 2.84. The number of hydrogen-bond acceptors (Lipinski definition) is 0. The highest BCUT2D eigenvalue weighted by molar-refractivity contribution is 6.14. The summed E-state index contributed by atoms with van der Waals surface area (Å²) in [6, 6.07) is -31.3. The lowest BCUT2D eigenvalue weighted by Crippen LogP contribution is -1.97. The van der Waals surface area contributed by atoms with Crippen molar-refractivity contribution in [2.45, 2.75) is 0 Å².